The third-order valence-electron chi connectivity index (χ3n) is 3.58. The molecule has 0 saturated carbocycles. The molecule has 0 aliphatic rings. The summed E-state index contributed by atoms with van der Waals surface area (Å²) >= 11 is 1.70. The van der Waals surface area contributed by atoms with E-state index in [0.29, 0.717) is 11.8 Å². The van der Waals surface area contributed by atoms with Gasteiger partial charge in [-0.15, -0.1) is 11.3 Å². The Morgan fingerprint density at radius 3 is 2.14 bits per heavy atom. The van der Waals surface area contributed by atoms with Crippen LogP contribution in [-0.4, -0.2) is 9.55 Å². The highest BCUT2D eigenvalue weighted by Crippen LogP contribution is 2.35. The first-order chi connectivity index (χ1) is 9.81. The zero-order valence-electron chi connectivity index (χ0n) is 13.7. The summed E-state index contributed by atoms with van der Waals surface area (Å²) in [7, 11) is 0. The minimum atomic E-state index is -0.187. The van der Waals surface area contributed by atoms with Crippen LogP contribution in [0.15, 0.2) is 23.1 Å². The van der Waals surface area contributed by atoms with E-state index in [-0.39, 0.29) is 11.6 Å². The van der Waals surface area contributed by atoms with E-state index in [0.717, 1.165) is 10.7 Å². The maximum Gasteiger partial charge on any atom is 0.353 e. The van der Waals surface area contributed by atoms with Crippen molar-refractivity contribution in [2.45, 2.75) is 59.3 Å². The van der Waals surface area contributed by atoms with Gasteiger partial charge in [0.15, 0.2) is 0 Å². The van der Waals surface area contributed by atoms with Gasteiger partial charge in [0.1, 0.15) is 5.00 Å². The van der Waals surface area contributed by atoms with Crippen molar-refractivity contribution in [2.24, 2.45) is 0 Å². The SMILES string of the molecule is CC(C)c1ccn(-c2cc(C(C)C)c(C(C)C)s2)c(=O)n1. The third kappa shape index (κ3) is 3.26. The molecule has 0 aliphatic carbocycles. The van der Waals surface area contributed by atoms with Gasteiger partial charge in [-0.25, -0.2) is 4.79 Å². The molecule has 0 unspecified atom stereocenters. The number of hydrogen-bond acceptors (Lipinski definition) is 3. The average Bonchev–Trinajstić information content (AvgIpc) is 2.83. The molecule has 0 radical (unpaired) electrons. The summed E-state index contributed by atoms with van der Waals surface area (Å²) in [5, 5.41) is 0.968. The summed E-state index contributed by atoms with van der Waals surface area (Å²) in [6.07, 6.45) is 1.85. The van der Waals surface area contributed by atoms with Crippen molar-refractivity contribution in [1.29, 1.82) is 0 Å². The lowest BCUT2D eigenvalue weighted by atomic mass is 9.99. The molecule has 3 nitrogen and oxygen atoms in total. The van der Waals surface area contributed by atoms with E-state index in [2.05, 4.69) is 38.7 Å². The zero-order valence-corrected chi connectivity index (χ0v) is 14.5. The smallest absolute Gasteiger partial charge is 0.259 e. The molecule has 0 fully saturated rings. The molecule has 0 atom stereocenters. The molecule has 0 spiro atoms. The summed E-state index contributed by atoms with van der Waals surface area (Å²) in [6.45, 7) is 12.9. The van der Waals surface area contributed by atoms with Gasteiger partial charge in [0.2, 0.25) is 0 Å². The second-order valence-electron chi connectivity index (χ2n) is 6.37. The molecule has 4 heteroatoms. The Morgan fingerprint density at radius 2 is 1.71 bits per heavy atom. The fourth-order valence-corrected chi connectivity index (χ4v) is 3.63. The zero-order chi connectivity index (χ0) is 15.7. The van der Waals surface area contributed by atoms with E-state index in [1.54, 1.807) is 15.9 Å². The van der Waals surface area contributed by atoms with Crippen LogP contribution in [-0.2, 0) is 0 Å². The van der Waals surface area contributed by atoms with Crippen molar-refractivity contribution in [1.82, 2.24) is 9.55 Å². The molecular weight excluding hydrogens is 280 g/mol. The maximum atomic E-state index is 12.3. The molecule has 0 amide bonds. The number of nitrogens with zero attached hydrogens (tertiary/aromatic N) is 2. The van der Waals surface area contributed by atoms with Crippen LogP contribution < -0.4 is 5.69 Å². The minimum absolute atomic E-state index is 0.187. The van der Waals surface area contributed by atoms with Crippen LogP contribution in [0.4, 0.5) is 0 Å². The van der Waals surface area contributed by atoms with Gasteiger partial charge < -0.3 is 0 Å². The summed E-state index contributed by atoms with van der Waals surface area (Å²) < 4.78 is 1.66. The second kappa shape index (κ2) is 6.14. The van der Waals surface area contributed by atoms with Gasteiger partial charge in [-0.3, -0.25) is 4.57 Å². The molecule has 114 valence electrons. The van der Waals surface area contributed by atoms with Crippen LogP contribution in [0.3, 0.4) is 0 Å². The molecule has 2 heterocycles. The summed E-state index contributed by atoms with van der Waals surface area (Å²) in [4.78, 5) is 17.8. The first kappa shape index (κ1) is 16.0. The molecule has 0 saturated heterocycles. The van der Waals surface area contributed by atoms with Crippen molar-refractivity contribution in [3.8, 4) is 5.00 Å². The summed E-state index contributed by atoms with van der Waals surface area (Å²) in [5.74, 6) is 1.21. The first-order valence-corrected chi connectivity index (χ1v) is 8.36. The Hall–Kier alpha value is -1.42. The van der Waals surface area contributed by atoms with Crippen LogP contribution in [0.25, 0.3) is 5.00 Å². The molecule has 0 bridgehead atoms. The molecule has 21 heavy (non-hydrogen) atoms. The molecule has 2 rings (SSSR count). The quantitative estimate of drug-likeness (QED) is 0.823. The Bertz CT molecular complexity index is 655. The van der Waals surface area contributed by atoms with Gasteiger partial charge in [-0.1, -0.05) is 41.5 Å². The fraction of sp³-hybridized carbons (Fsp3) is 0.529. The van der Waals surface area contributed by atoms with Crippen LogP contribution in [0.2, 0.25) is 0 Å². The highest BCUT2D eigenvalue weighted by molar-refractivity contribution is 7.14. The molecule has 0 aliphatic heterocycles. The van der Waals surface area contributed by atoms with E-state index in [9.17, 15) is 4.79 Å². The van der Waals surface area contributed by atoms with Crippen molar-refractivity contribution in [3.63, 3.8) is 0 Å². The van der Waals surface area contributed by atoms with Crippen molar-refractivity contribution in [2.75, 3.05) is 0 Å². The number of hydrogen-bond donors (Lipinski definition) is 0. The van der Waals surface area contributed by atoms with Crippen molar-refractivity contribution >= 4 is 11.3 Å². The standard InChI is InChI=1S/C17H24N2OS/c1-10(2)13-9-15(21-16(13)12(5)6)19-8-7-14(11(3)4)18-17(19)20/h7-12H,1-6H3. The van der Waals surface area contributed by atoms with E-state index in [1.807, 2.05) is 26.1 Å². The monoisotopic (exact) mass is 304 g/mol. The van der Waals surface area contributed by atoms with Gasteiger partial charge >= 0.3 is 5.69 Å². The highest BCUT2D eigenvalue weighted by Gasteiger charge is 2.16. The lowest BCUT2D eigenvalue weighted by Gasteiger charge is -2.08. The third-order valence-corrected chi connectivity index (χ3v) is 5.03. The lowest BCUT2D eigenvalue weighted by molar-refractivity contribution is 0.780. The van der Waals surface area contributed by atoms with Gasteiger partial charge in [0.25, 0.3) is 0 Å². The van der Waals surface area contributed by atoms with Crippen LogP contribution in [0.5, 0.6) is 0 Å². The predicted octanol–water partition coefficient (Wildman–Crippen LogP) is 4.66. The van der Waals surface area contributed by atoms with Crippen molar-refractivity contribution < 1.29 is 0 Å². The lowest BCUT2D eigenvalue weighted by Crippen LogP contribution is -2.21. The molecular formula is C17H24N2OS. The number of aromatic nitrogens is 2. The van der Waals surface area contributed by atoms with E-state index < -0.39 is 0 Å². The first-order valence-electron chi connectivity index (χ1n) is 7.54. The van der Waals surface area contributed by atoms with E-state index >= 15 is 0 Å². The Balaban J connectivity index is 2.52. The minimum Gasteiger partial charge on any atom is -0.259 e. The molecule has 2 aromatic rings. The number of thiophene rings is 1. The van der Waals surface area contributed by atoms with Crippen LogP contribution in [0.1, 0.15) is 75.4 Å². The fourth-order valence-electron chi connectivity index (χ4n) is 2.33. The molecule has 0 N–H and O–H groups in total. The predicted molar refractivity (Wildman–Crippen MR) is 90.0 cm³/mol. The number of rotatable bonds is 4. The Labute approximate surface area is 130 Å². The summed E-state index contributed by atoms with van der Waals surface area (Å²) in [5.41, 5.74) is 2.00. The Morgan fingerprint density at radius 1 is 1.05 bits per heavy atom. The largest absolute Gasteiger partial charge is 0.353 e. The van der Waals surface area contributed by atoms with Gasteiger partial charge in [0.05, 0.1) is 5.69 Å². The average molecular weight is 304 g/mol. The maximum absolute atomic E-state index is 12.3. The molecule has 2 aromatic heterocycles. The van der Waals surface area contributed by atoms with Crippen LogP contribution >= 0.6 is 11.3 Å². The van der Waals surface area contributed by atoms with Gasteiger partial charge in [-0.2, -0.15) is 4.98 Å². The van der Waals surface area contributed by atoms with E-state index in [4.69, 9.17) is 0 Å². The van der Waals surface area contributed by atoms with Crippen LogP contribution in [0, 0.1) is 0 Å². The van der Waals surface area contributed by atoms with Gasteiger partial charge in [0, 0.05) is 11.1 Å². The second-order valence-corrected chi connectivity index (χ2v) is 7.44. The van der Waals surface area contributed by atoms with E-state index in [1.165, 1.54) is 10.4 Å². The van der Waals surface area contributed by atoms with Crippen molar-refractivity contribution in [3.05, 3.63) is 44.9 Å². The van der Waals surface area contributed by atoms with Gasteiger partial charge in [-0.05, 0) is 35.4 Å². The normalized spacial score (nSPS) is 11.9. The highest BCUT2D eigenvalue weighted by atomic mass is 32.1. The molecule has 0 aromatic carbocycles. The topological polar surface area (TPSA) is 34.9 Å². The Kier molecular flexibility index (Phi) is 4.67. The summed E-state index contributed by atoms with van der Waals surface area (Å²) in [6, 6.07) is 4.08.